The van der Waals surface area contributed by atoms with Crippen LogP contribution < -0.4 is 4.72 Å². The van der Waals surface area contributed by atoms with Crippen LogP contribution in [-0.4, -0.2) is 34.7 Å². The van der Waals surface area contributed by atoms with Crippen molar-refractivity contribution in [2.75, 3.05) is 4.72 Å². The molecule has 0 aliphatic carbocycles. The van der Waals surface area contributed by atoms with E-state index in [-0.39, 0.29) is 16.4 Å². The van der Waals surface area contributed by atoms with Gasteiger partial charge in [-0.25, -0.2) is 9.78 Å². The van der Waals surface area contributed by atoms with Crippen molar-refractivity contribution >= 4 is 21.8 Å². The summed E-state index contributed by atoms with van der Waals surface area (Å²) in [5.74, 6) is -1.25. The Hall–Kier alpha value is -2.42. The predicted octanol–water partition coefficient (Wildman–Crippen LogP) is 0.304. The zero-order chi connectivity index (χ0) is 13.2. The molecule has 0 unspecified atom stereocenters. The van der Waals surface area contributed by atoms with Gasteiger partial charge in [0.05, 0.1) is 11.8 Å². The number of carboxylic acids is 1. The minimum Gasteiger partial charge on any atom is -0.478 e. The molecule has 2 aromatic rings. The zero-order valence-electron chi connectivity index (χ0n) is 8.86. The number of anilines is 1. The summed E-state index contributed by atoms with van der Waals surface area (Å²) in [7, 11) is -3.84. The minimum atomic E-state index is -3.84. The quantitative estimate of drug-likeness (QED) is 0.732. The number of rotatable bonds is 4. The maximum atomic E-state index is 11.8. The molecule has 0 aromatic carbocycles. The summed E-state index contributed by atoms with van der Waals surface area (Å²) in [5, 5.41) is 14.4. The number of sulfonamides is 1. The van der Waals surface area contributed by atoms with Crippen molar-refractivity contribution in [1.29, 1.82) is 0 Å². The van der Waals surface area contributed by atoms with Crippen LogP contribution in [-0.2, 0) is 10.0 Å². The standard InChI is InChI=1S/C9H8N4O4S/c14-9(15)6-1-3-10-7(5-6)13-18(16,17)8-2-4-11-12-8/h1-5H,(H,10,13)(H,11,12)(H,14,15). The van der Waals surface area contributed by atoms with Crippen LogP contribution >= 0.6 is 0 Å². The SMILES string of the molecule is O=C(O)c1ccnc(NS(=O)(=O)c2ccn[nH]2)c1. The lowest BCUT2D eigenvalue weighted by atomic mass is 10.3. The molecule has 3 N–H and O–H groups in total. The normalized spacial score (nSPS) is 11.1. The summed E-state index contributed by atoms with van der Waals surface area (Å²) in [5.41, 5.74) is -0.0627. The average molecular weight is 268 g/mol. The molecule has 9 heteroatoms. The van der Waals surface area contributed by atoms with Crippen LogP contribution in [0.15, 0.2) is 35.6 Å². The molecule has 0 saturated heterocycles. The van der Waals surface area contributed by atoms with Gasteiger partial charge in [-0.1, -0.05) is 0 Å². The van der Waals surface area contributed by atoms with Gasteiger partial charge in [0.15, 0.2) is 5.03 Å². The lowest BCUT2D eigenvalue weighted by Gasteiger charge is -2.05. The van der Waals surface area contributed by atoms with Gasteiger partial charge in [-0.3, -0.25) is 9.82 Å². The highest BCUT2D eigenvalue weighted by atomic mass is 32.2. The maximum Gasteiger partial charge on any atom is 0.335 e. The first-order chi connectivity index (χ1) is 8.49. The molecule has 8 nitrogen and oxygen atoms in total. The highest BCUT2D eigenvalue weighted by molar-refractivity contribution is 7.92. The first-order valence-corrected chi connectivity index (χ1v) is 6.19. The molecule has 0 aliphatic heterocycles. The van der Waals surface area contributed by atoms with Gasteiger partial charge in [0.25, 0.3) is 10.0 Å². The molecule has 0 spiro atoms. The Kier molecular flexibility index (Phi) is 2.98. The number of nitrogens with zero attached hydrogens (tertiary/aromatic N) is 2. The van der Waals surface area contributed by atoms with Crippen molar-refractivity contribution in [2.45, 2.75) is 5.03 Å². The van der Waals surface area contributed by atoms with Crippen LogP contribution in [0.4, 0.5) is 5.82 Å². The number of aromatic carboxylic acids is 1. The maximum absolute atomic E-state index is 11.8. The second-order valence-electron chi connectivity index (χ2n) is 3.26. The van der Waals surface area contributed by atoms with Gasteiger partial charge in [0, 0.05) is 6.20 Å². The molecule has 18 heavy (non-hydrogen) atoms. The zero-order valence-corrected chi connectivity index (χ0v) is 9.68. The van der Waals surface area contributed by atoms with Crippen LogP contribution in [0.3, 0.4) is 0 Å². The largest absolute Gasteiger partial charge is 0.478 e. The van der Waals surface area contributed by atoms with Crippen LogP contribution in [0.1, 0.15) is 10.4 Å². The molecule has 2 aromatic heterocycles. The number of hydrogen-bond acceptors (Lipinski definition) is 5. The Balaban J connectivity index is 2.30. The van der Waals surface area contributed by atoms with Crippen molar-refractivity contribution in [1.82, 2.24) is 15.2 Å². The van der Waals surface area contributed by atoms with E-state index in [0.29, 0.717) is 0 Å². The number of aromatic amines is 1. The summed E-state index contributed by atoms with van der Waals surface area (Å²) in [6, 6.07) is 3.65. The lowest BCUT2D eigenvalue weighted by Crippen LogP contribution is -2.14. The van der Waals surface area contributed by atoms with Gasteiger partial charge in [-0.2, -0.15) is 13.5 Å². The Bertz CT molecular complexity index is 666. The summed E-state index contributed by atoms with van der Waals surface area (Å²) < 4.78 is 25.7. The fourth-order valence-corrected chi connectivity index (χ4v) is 2.11. The monoisotopic (exact) mass is 268 g/mol. The van der Waals surface area contributed by atoms with Crippen molar-refractivity contribution in [3.63, 3.8) is 0 Å². The van der Waals surface area contributed by atoms with Crippen molar-refractivity contribution in [3.05, 3.63) is 36.2 Å². The highest BCUT2D eigenvalue weighted by Crippen LogP contribution is 2.12. The summed E-state index contributed by atoms with van der Waals surface area (Å²) in [6.07, 6.45) is 2.49. The second-order valence-corrected chi connectivity index (χ2v) is 4.91. The van der Waals surface area contributed by atoms with Crippen LogP contribution in [0.5, 0.6) is 0 Å². The molecule has 0 fully saturated rings. The van der Waals surface area contributed by atoms with Crippen LogP contribution in [0, 0.1) is 0 Å². The Morgan fingerprint density at radius 3 is 2.72 bits per heavy atom. The third-order valence-electron chi connectivity index (χ3n) is 2.01. The van der Waals surface area contributed by atoms with Gasteiger partial charge in [-0.15, -0.1) is 0 Å². The van der Waals surface area contributed by atoms with Gasteiger partial charge in [0.2, 0.25) is 0 Å². The van der Waals surface area contributed by atoms with E-state index in [1.54, 1.807) is 0 Å². The number of H-pyrrole nitrogens is 1. The number of aromatic nitrogens is 3. The Morgan fingerprint density at radius 1 is 1.33 bits per heavy atom. The van der Waals surface area contributed by atoms with E-state index in [4.69, 9.17) is 5.11 Å². The fraction of sp³-hybridized carbons (Fsp3) is 0. The van der Waals surface area contributed by atoms with Gasteiger partial charge < -0.3 is 5.11 Å². The van der Waals surface area contributed by atoms with Gasteiger partial charge in [0.1, 0.15) is 5.82 Å². The summed E-state index contributed by atoms with van der Waals surface area (Å²) >= 11 is 0. The topological polar surface area (TPSA) is 125 Å². The molecule has 2 heterocycles. The first-order valence-electron chi connectivity index (χ1n) is 4.70. The molecule has 2 rings (SSSR count). The molecule has 0 bridgehead atoms. The van der Waals surface area contributed by atoms with Crippen LogP contribution in [0.2, 0.25) is 0 Å². The first kappa shape index (κ1) is 12.0. The summed E-state index contributed by atoms with van der Waals surface area (Å²) in [4.78, 5) is 14.5. The molecule has 0 saturated carbocycles. The number of hydrogen-bond donors (Lipinski definition) is 3. The molecule has 0 radical (unpaired) electrons. The number of carboxylic acid groups (broad SMARTS) is 1. The number of pyridine rings is 1. The average Bonchev–Trinajstić information content (AvgIpc) is 2.82. The molecular weight excluding hydrogens is 260 g/mol. The number of nitrogens with one attached hydrogen (secondary N) is 2. The van der Waals surface area contributed by atoms with E-state index in [2.05, 4.69) is 19.9 Å². The smallest absolute Gasteiger partial charge is 0.335 e. The lowest BCUT2D eigenvalue weighted by molar-refractivity contribution is 0.0697. The van der Waals surface area contributed by atoms with Crippen molar-refractivity contribution < 1.29 is 18.3 Å². The van der Waals surface area contributed by atoms with Crippen LogP contribution in [0.25, 0.3) is 0 Å². The fourth-order valence-electron chi connectivity index (χ4n) is 1.20. The third-order valence-corrected chi connectivity index (χ3v) is 3.29. The van der Waals surface area contributed by atoms with E-state index in [1.807, 2.05) is 0 Å². The Morgan fingerprint density at radius 2 is 2.11 bits per heavy atom. The van der Waals surface area contributed by atoms with E-state index in [9.17, 15) is 13.2 Å². The number of carbonyl (C=O) groups is 1. The van der Waals surface area contributed by atoms with E-state index in [1.165, 1.54) is 24.5 Å². The molecule has 0 amide bonds. The molecule has 0 aliphatic rings. The summed E-state index contributed by atoms with van der Waals surface area (Å²) in [6.45, 7) is 0. The molecule has 94 valence electrons. The van der Waals surface area contributed by atoms with E-state index < -0.39 is 16.0 Å². The van der Waals surface area contributed by atoms with E-state index in [0.717, 1.165) is 6.07 Å². The molecular formula is C9H8N4O4S. The minimum absolute atomic E-state index is 0.0627. The van der Waals surface area contributed by atoms with Gasteiger partial charge >= 0.3 is 5.97 Å². The van der Waals surface area contributed by atoms with Crippen molar-refractivity contribution in [2.24, 2.45) is 0 Å². The third kappa shape index (κ3) is 2.46. The highest BCUT2D eigenvalue weighted by Gasteiger charge is 2.16. The molecule has 0 atom stereocenters. The van der Waals surface area contributed by atoms with E-state index >= 15 is 0 Å². The Labute approximate surface area is 102 Å². The van der Waals surface area contributed by atoms with Crippen molar-refractivity contribution in [3.8, 4) is 0 Å². The van der Waals surface area contributed by atoms with Gasteiger partial charge in [-0.05, 0) is 18.2 Å². The predicted molar refractivity (Wildman–Crippen MR) is 60.6 cm³/mol. The second kappa shape index (κ2) is 4.45.